The second-order valence-corrected chi connectivity index (χ2v) is 9.61. The molecule has 5 rings (SSSR count). The number of hydrogen-bond donors (Lipinski definition) is 2. The van der Waals surface area contributed by atoms with Crippen LogP contribution in [0.4, 0.5) is 10.2 Å². The van der Waals surface area contributed by atoms with Crippen LogP contribution in [0.25, 0.3) is 22.5 Å². The summed E-state index contributed by atoms with van der Waals surface area (Å²) in [6.45, 7) is 0. The van der Waals surface area contributed by atoms with Crippen LogP contribution >= 0.6 is 11.8 Å². The lowest BCUT2D eigenvalue weighted by atomic mass is 9.83. The highest BCUT2D eigenvalue weighted by atomic mass is 32.2. The fourth-order valence-electron chi connectivity index (χ4n) is 4.93. The monoisotopic (exact) mass is 466 g/mol. The maximum absolute atomic E-state index is 14.1. The smallest absolute Gasteiger partial charge is 0.185 e. The topological polar surface area (TPSA) is 87.1 Å². The van der Waals surface area contributed by atoms with Gasteiger partial charge in [-0.2, -0.15) is 0 Å². The molecule has 0 aliphatic carbocycles. The van der Waals surface area contributed by atoms with Gasteiger partial charge in [0.25, 0.3) is 0 Å². The van der Waals surface area contributed by atoms with Crippen LogP contribution in [0.1, 0.15) is 32.1 Å². The van der Waals surface area contributed by atoms with Crippen LogP contribution in [0, 0.1) is 5.82 Å². The molecule has 2 fully saturated rings. The minimum Gasteiger partial charge on any atom is -0.507 e. The van der Waals surface area contributed by atoms with Crippen molar-refractivity contribution < 1.29 is 9.50 Å². The molecule has 9 heteroatoms. The molecule has 2 aromatic heterocycles. The van der Waals surface area contributed by atoms with E-state index in [9.17, 15) is 9.50 Å². The standard InChI is InChI=1S/C24H27FN6OS/c1-31(18-10-16-4-3-5-17(11-18)28-16)22-13-26-23(30-29-22)19-7-6-14(9-21(19)32)15-8-20(25)24(33-2)27-12-15/h6-9,12-13,16-18,28,32H,3-5,10-11H2,1-2H3/t16-,17+,18?. The summed E-state index contributed by atoms with van der Waals surface area (Å²) in [5.41, 5.74) is 1.73. The van der Waals surface area contributed by atoms with Crippen molar-refractivity contribution in [2.75, 3.05) is 18.2 Å². The Morgan fingerprint density at radius 2 is 1.85 bits per heavy atom. The van der Waals surface area contributed by atoms with Crippen molar-refractivity contribution >= 4 is 17.6 Å². The number of pyridine rings is 1. The van der Waals surface area contributed by atoms with E-state index in [1.807, 2.05) is 0 Å². The Morgan fingerprint density at radius 3 is 2.48 bits per heavy atom. The van der Waals surface area contributed by atoms with Crippen molar-refractivity contribution in [1.29, 1.82) is 0 Å². The maximum atomic E-state index is 14.1. The number of hydrogen-bond acceptors (Lipinski definition) is 8. The Labute approximate surface area is 196 Å². The molecule has 2 N–H and O–H groups in total. The first-order chi connectivity index (χ1) is 16.0. The van der Waals surface area contributed by atoms with Gasteiger partial charge in [-0.3, -0.25) is 0 Å². The number of benzene rings is 1. The number of halogens is 1. The summed E-state index contributed by atoms with van der Waals surface area (Å²) in [4.78, 5) is 10.8. The summed E-state index contributed by atoms with van der Waals surface area (Å²) in [6.07, 6.45) is 11.1. The quantitative estimate of drug-likeness (QED) is 0.539. The summed E-state index contributed by atoms with van der Waals surface area (Å²) >= 11 is 1.25. The van der Waals surface area contributed by atoms with Gasteiger partial charge in [-0.15, -0.1) is 22.0 Å². The van der Waals surface area contributed by atoms with Crippen LogP contribution in [-0.2, 0) is 0 Å². The third kappa shape index (κ3) is 4.52. The lowest BCUT2D eigenvalue weighted by Gasteiger charge is -2.43. The molecule has 0 amide bonds. The molecular formula is C24H27FN6OS. The van der Waals surface area contributed by atoms with Gasteiger partial charge in [0.05, 0.1) is 11.8 Å². The Kier molecular flexibility index (Phi) is 6.16. The number of aromatic nitrogens is 4. The van der Waals surface area contributed by atoms with Crippen molar-refractivity contribution in [2.24, 2.45) is 0 Å². The summed E-state index contributed by atoms with van der Waals surface area (Å²) < 4.78 is 14.1. The number of piperidine rings is 2. The van der Waals surface area contributed by atoms with E-state index in [1.54, 1.807) is 36.8 Å². The number of anilines is 1. The molecule has 3 atom stereocenters. The van der Waals surface area contributed by atoms with Crippen LogP contribution in [0.2, 0.25) is 0 Å². The van der Waals surface area contributed by atoms with Gasteiger partial charge in [0.15, 0.2) is 17.5 Å². The van der Waals surface area contributed by atoms with Crippen LogP contribution < -0.4 is 10.2 Å². The number of rotatable bonds is 5. The van der Waals surface area contributed by atoms with Crippen LogP contribution in [0.15, 0.2) is 41.7 Å². The molecule has 2 bridgehead atoms. The third-order valence-electron chi connectivity index (χ3n) is 6.72. The second-order valence-electron chi connectivity index (χ2n) is 8.81. The Hall–Kier alpha value is -2.78. The highest BCUT2D eigenvalue weighted by Gasteiger charge is 2.33. The van der Waals surface area contributed by atoms with E-state index in [0.29, 0.717) is 45.7 Å². The average molecular weight is 467 g/mol. The molecule has 0 radical (unpaired) electrons. The Bertz CT molecular complexity index is 1130. The molecule has 2 aliphatic heterocycles. The van der Waals surface area contributed by atoms with E-state index in [1.165, 1.54) is 37.1 Å². The molecule has 2 aliphatic rings. The van der Waals surface area contributed by atoms with Crippen LogP contribution in [-0.4, -0.2) is 56.7 Å². The molecule has 0 spiro atoms. The predicted octanol–water partition coefficient (Wildman–Crippen LogP) is 4.28. The van der Waals surface area contributed by atoms with E-state index >= 15 is 0 Å². The largest absolute Gasteiger partial charge is 0.507 e. The SMILES string of the molecule is CSc1ncc(-c2ccc(-c3ncc(N(C)C4C[C@H]5CCC[C@@H](C4)N5)nn3)c(O)c2)cc1F. The average Bonchev–Trinajstić information content (AvgIpc) is 2.83. The first-order valence-electron chi connectivity index (χ1n) is 11.2. The fourth-order valence-corrected chi connectivity index (χ4v) is 5.34. The van der Waals surface area contributed by atoms with Gasteiger partial charge in [-0.1, -0.05) is 12.5 Å². The van der Waals surface area contributed by atoms with Gasteiger partial charge in [-0.25, -0.2) is 14.4 Å². The Balaban J connectivity index is 1.33. The van der Waals surface area contributed by atoms with Crippen molar-refractivity contribution in [3.8, 4) is 28.3 Å². The fraction of sp³-hybridized carbons (Fsp3) is 0.417. The van der Waals surface area contributed by atoms with Crippen molar-refractivity contribution in [2.45, 2.75) is 55.3 Å². The number of fused-ring (bicyclic) bond motifs is 2. The molecule has 33 heavy (non-hydrogen) atoms. The molecule has 172 valence electrons. The number of nitrogens with zero attached hydrogens (tertiary/aromatic N) is 5. The first-order valence-corrected chi connectivity index (χ1v) is 12.5. The molecule has 3 aromatic rings. The van der Waals surface area contributed by atoms with Crippen LogP contribution in [0.3, 0.4) is 0 Å². The van der Waals surface area contributed by atoms with E-state index < -0.39 is 0 Å². The number of aromatic hydroxyl groups is 1. The number of nitrogens with one attached hydrogen (secondary N) is 1. The normalized spacial score (nSPS) is 22.2. The van der Waals surface area contributed by atoms with Gasteiger partial charge < -0.3 is 15.3 Å². The zero-order chi connectivity index (χ0) is 22.9. The number of phenolic OH excluding ortho intramolecular Hbond substituents is 1. The van der Waals surface area contributed by atoms with E-state index in [-0.39, 0.29) is 11.6 Å². The summed E-state index contributed by atoms with van der Waals surface area (Å²) in [6, 6.07) is 8.10. The van der Waals surface area contributed by atoms with Crippen molar-refractivity contribution in [3.05, 3.63) is 42.5 Å². The molecule has 0 saturated carbocycles. The van der Waals surface area contributed by atoms with Crippen molar-refractivity contribution in [3.63, 3.8) is 0 Å². The molecular weight excluding hydrogens is 439 g/mol. The maximum Gasteiger partial charge on any atom is 0.185 e. The number of phenols is 1. The highest BCUT2D eigenvalue weighted by molar-refractivity contribution is 7.98. The summed E-state index contributed by atoms with van der Waals surface area (Å²) in [7, 11) is 2.05. The lowest BCUT2D eigenvalue weighted by molar-refractivity contribution is 0.219. The zero-order valence-electron chi connectivity index (χ0n) is 18.7. The van der Waals surface area contributed by atoms with Gasteiger partial charge in [0.2, 0.25) is 0 Å². The molecule has 4 heterocycles. The van der Waals surface area contributed by atoms with Gasteiger partial charge in [0, 0.05) is 36.9 Å². The zero-order valence-corrected chi connectivity index (χ0v) is 19.5. The highest BCUT2D eigenvalue weighted by Crippen LogP contribution is 2.33. The molecule has 7 nitrogen and oxygen atoms in total. The number of thioether (sulfide) groups is 1. The van der Waals surface area contributed by atoms with Crippen molar-refractivity contribution in [1.82, 2.24) is 25.5 Å². The van der Waals surface area contributed by atoms with E-state index in [4.69, 9.17) is 0 Å². The Morgan fingerprint density at radius 1 is 1.06 bits per heavy atom. The third-order valence-corrected chi connectivity index (χ3v) is 7.41. The van der Waals surface area contributed by atoms with Gasteiger partial charge >= 0.3 is 0 Å². The summed E-state index contributed by atoms with van der Waals surface area (Å²) in [5, 5.41) is 23.4. The first kappa shape index (κ1) is 22.0. The van der Waals surface area contributed by atoms with E-state index in [2.05, 4.69) is 37.4 Å². The predicted molar refractivity (Wildman–Crippen MR) is 128 cm³/mol. The lowest BCUT2D eigenvalue weighted by Crippen LogP contribution is -2.54. The summed E-state index contributed by atoms with van der Waals surface area (Å²) in [5.74, 6) is 0.708. The van der Waals surface area contributed by atoms with Crippen LogP contribution in [0.5, 0.6) is 5.75 Å². The molecule has 2 saturated heterocycles. The van der Waals surface area contributed by atoms with Gasteiger partial charge in [0.1, 0.15) is 10.8 Å². The minimum atomic E-state index is -0.381. The minimum absolute atomic E-state index is 0.0101. The van der Waals surface area contributed by atoms with Gasteiger partial charge in [-0.05, 0) is 55.7 Å². The molecule has 1 unspecified atom stereocenters. The second kappa shape index (κ2) is 9.23. The molecule has 1 aromatic carbocycles. The van der Waals surface area contributed by atoms with E-state index in [0.717, 1.165) is 18.7 Å².